The Balaban J connectivity index is 1.36. The molecule has 1 aromatic heterocycles. The van der Waals surface area contributed by atoms with Crippen LogP contribution in [0.3, 0.4) is 0 Å². The van der Waals surface area contributed by atoms with Gasteiger partial charge in [-0.1, -0.05) is 12.1 Å². The molecule has 0 N–H and O–H groups in total. The van der Waals surface area contributed by atoms with Crippen molar-refractivity contribution in [2.24, 2.45) is 0 Å². The lowest BCUT2D eigenvalue weighted by molar-refractivity contribution is -0.152. The second-order valence-corrected chi connectivity index (χ2v) is 9.92. The Morgan fingerprint density at radius 1 is 1.21 bits per heavy atom. The molecule has 1 atom stereocenters. The van der Waals surface area contributed by atoms with E-state index < -0.39 is 15.8 Å². The first-order valence-corrected chi connectivity index (χ1v) is 11.3. The van der Waals surface area contributed by atoms with Gasteiger partial charge >= 0.3 is 5.97 Å². The fourth-order valence-corrected chi connectivity index (χ4v) is 5.51. The van der Waals surface area contributed by atoms with Gasteiger partial charge in [0.2, 0.25) is 0 Å². The molecule has 8 heteroatoms. The van der Waals surface area contributed by atoms with E-state index in [1.807, 2.05) is 25.1 Å². The number of hydrogen-bond donors (Lipinski definition) is 0. The van der Waals surface area contributed by atoms with Crippen molar-refractivity contribution in [1.82, 2.24) is 4.90 Å². The number of furan rings is 1. The van der Waals surface area contributed by atoms with Crippen LogP contribution in [0.2, 0.25) is 0 Å². The molecular formula is C20H23NO6S. The van der Waals surface area contributed by atoms with E-state index in [1.54, 1.807) is 4.90 Å². The Morgan fingerprint density at radius 2 is 2.00 bits per heavy atom. The number of amides is 1. The Morgan fingerprint density at radius 3 is 2.68 bits per heavy atom. The number of sulfone groups is 1. The fraction of sp³-hybridized carbons (Fsp3) is 0.500. The number of carbonyl (C=O) groups excluding carboxylic acids is 2. The number of esters is 1. The standard InChI is InChI=1S/C20H23NO6S/c1-13-2-5-17-14(10-26-18(17)8-13)9-20(23)27-11-19(22)21(15-3-4-15)16-6-7-28(24,25)12-16/h2,5,8,10,15-16H,3-4,6-7,9,11-12H2,1H3/t16-/m1/s1. The molecule has 1 aliphatic heterocycles. The van der Waals surface area contributed by atoms with Crippen molar-refractivity contribution >= 4 is 32.7 Å². The van der Waals surface area contributed by atoms with Gasteiger partial charge in [0.05, 0.1) is 24.2 Å². The van der Waals surface area contributed by atoms with E-state index in [1.165, 1.54) is 6.26 Å². The van der Waals surface area contributed by atoms with Crippen molar-refractivity contribution in [1.29, 1.82) is 0 Å². The summed E-state index contributed by atoms with van der Waals surface area (Å²) in [5.74, 6) is -0.707. The second-order valence-electron chi connectivity index (χ2n) is 7.69. The van der Waals surface area contributed by atoms with Crippen LogP contribution in [0, 0.1) is 6.92 Å². The number of aryl methyl sites for hydroxylation is 1. The zero-order valence-corrected chi connectivity index (χ0v) is 16.5. The molecule has 0 radical (unpaired) electrons. The van der Waals surface area contributed by atoms with Crippen molar-refractivity contribution < 1.29 is 27.2 Å². The minimum absolute atomic E-state index is 0.00358. The summed E-state index contributed by atoms with van der Waals surface area (Å²) in [5.41, 5.74) is 2.49. The van der Waals surface area contributed by atoms with E-state index in [-0.39, 0.29) is 42.5 Å². The Kier molecular flexibility index (Phi) is 4.91. The lowest BCUT2D eigenvalue weighted by Gasteiger charge is -2.28. The van der Waals surface area contributed by atoms with Crippen LogP contribution in [0.25, 0.3) is 11.0 Å². The Labute approximate surface area is 163 Å². The lowest BCUT2D eigenvalue weighted by Crippen LogP contribution is -2.44. The zero-order valence-electron chi connectivity index (χ0n) is 15.7. The van der Waals surface area contributed by atoms with Crippen LogP contribution in [0.4, 0.5) is 0 Å². The van der Waals surface area contributed by atoms with Gasteiger partial charge in [0, 0.05) is 23.0 Å². The van der Waals surface area contributed by atoms with E-state index in [4.69, 9.17) is 9.15 Å². The monoisotopic (exact) mass is 405 g/mol. The van der Waals surface area contributed by atoms with Crippen LogP contribution in [-0.2, 0) is 30.6 Å². The normalized spacial score (nSPS) is 21.0. The van der Waals surface area contributed by atoms with Gasteiger partial charge in [-0.25, -0.2) is 8.42 Å². The van der Waals surface area contributed by atoms with E-state index in [0.29, 0.717) is 17.6 Å². The lowest BCUT2D eigenvalue weighted by atomic mass is 10.1. The predicted molar refractivity (Wildman–Crippen MR) is 103 cm³/mol. The van der Waals surface area contributed by atoms with Crippen LogP contribution in [0.15, 0.2) is 28.9 Å². The van der Waals surface area contributed by atoms with Gasteiger partial charge in [-0.15, -0.1) is 0 Å². The largest absolute Gasteiger partial charge is 0.464 e. The molecule has 0 bridgehead atoms. The number of fused-ring (bicyclic) bond motifs is 1. The van der Waals surface area contributed by atoms with Gasteiger partial charge < -0.3 is 14.1 Å². The molecule has 2 heterocycles. The average molecular weight is 405 g/mol. The van der Waals surface area contributed by atoms with E-state index in [9.17, 15) is 18.0 Å². The number of hydrogen-bond acceptors (Lipinski definition) is 6. The molecule has 4 rings (SSSR count). The van der Waals surface area contributed by atoms with Crippen molar-refractivity contribution in [2.75, 3.05) is 18.1 Å². The first-order valence-electron chi connectivity index (χ1n) is 9.46. The Bertz CT molecular complexity index is 1020. The molecule has 1 aromatic carbocycles. The molecule has 2 aromatic rings. The third-order valence-corrected chi connectivity index (χ3v) is 7.08. The van der Waals surface area contributed by atoms with Crippen LogP contribution in [0.5, 0.6) is 0 Å². The quantitative estimate of drug-likeness (QED) is 0.683. The molecule has 1 saturated carbocycles. The van der Waals surface area contributed by atoms with Crippen LogP contribution in [-0.4, -0.2) is 55.4 Å². The summed E-state index contributed by atoms with van der Waals surface area (Å²) in [6, 6.07) is 5.52. The molecule has 2 fully saturated rings. The first-order chi connectivity index (χ1) is 13.3. The molecule has 7 nitrogen and oxygen atoms in total. The summed E-state index contributed by atoms with van der Waals surface area (Å²) < 4.78 is 34.2. The molecule has 0 unspecified atom stereocenters. The van der Waals surface area contributed by atoms with Crippen LogP contribution in [0.1, 0.15) is 30.4 Å². The highest BCUT2D eigenvalue weighted by Gasteiger charge is 2.42. The summed E-state index contributed by atoms with van der Waals surface area (Å²) in [6.07, 6.45) is 3.75. The van der Waals surface area contributed by atoms with Crippen molar-refractivity contribution in [3.8, 4) is 0 Å². The smallest absolute Gasteiger partial charge is 0.310 e. The maximum absolute atomic E-state index is 12.6. The maximum atomic E-state index is 12.6. The highest BCUT2D eigenvalue weighted by molar-refractivity contribution is 7.91. The maximum Gasteiger partial charge on any atom is 0.310 e. The van der Waals surface area contributed by atoms with E-state index in [0.717, 1.165) is 23.8 Å². The Hall–Kier alpha value is -2.35. The summed E-state index contributed by atoms with van der Waals surface area (Å²) in [5, 5.41) is 0.852. The van der Waals surface area contributed by atoms with Gasteiger partial charge in [-0.2, -0.15) is 0 Å². The van der Waals surface area contributed by atoms with Crippen molar-refractivity contribution in [2.45, 2.75) is 44.7 Å². The molecule has 0 spiro atoms. The van der Waals surface area contributed by atoms with Crippen molar-refractivity contribution in [3.63, 3.8) is 0 Å². The van der Waals surface area contributed by atoms with Gasteiger partial charge in [-0.3, -0.25) is 9.59 Å². The predicted octanol–water partition coefficient (Wildman–Crippen LogP) is 2.01. The average Bonchev–Trinajstić information content (AvgIpc) is 3.29. The summed E-state index contributed by atoms with van der Waals surface area (Å²) in [7, 11) is -3.08. The molecular weight excluding hydrogens is 382 g/mol. The topological polar surface area (TPSA) is 93.9 Å². The van der Waals surface area contributed by atoms with Gasteiger partial charge in [0.15, 0.2) is 16.4 Å². The van der Waals surface area contributed by atoms with Crippen molar-refractivity contribution in [3.05, 3.63) is 35.6 Å². The second kappa shape index (κ2) is 7.24. The minimum atomic E-state index is -3.08. The first kappa shape index (κ1) is 19.0. The van der Waals surface area contributed by atoms with E-state index >= 15 is 0 Å². The number of ether oxygens (including phenoxy) is 1. The highest BCUT2D eigenvalue weighted by Crippen LogP contribution is 2.32. The molecule has 1 amide bonds. The number of nitrogens with zero attached hydrogens (tertiary/aromatic N) is 1. The molecule has 150 valence electrons. The summed E-state index contributed by atoms with van der Waals surface area (Å²) >= 11 is 0. The number of carbonyl (C=O) groups is 2. The molecule has 2 aliphatic rings. The molecule has 1 aliphatic carbocycles. The van der Waals surface area contributed by atoms with Crippen LogP contribution >= 0.6 is 0 Å². The summed E-state index contributed by atoms with van der Waals surface area (Å²) in [6.45, 7) is 1.60. The molecule has 1 saturated heterocycles. The minimum Gasteiger partial charge on any atom is -0.464 e. The summed E-state index contributed by atoms with van der Waals surface area (Å²) in [4.78, 5) is 26.5. The third-order valence-electron chi connectivity index (χ3n) is 5.33. The van der Waals surface area contributed by atoms with E-state index in [2.05, 4.69) is 0 Å². The van der Waals surface area contributed by atoms with Crippen LogP contribution < -0.4 is 0 Å². The van der Waals surface area contributed by atoms with Gasteiger partial charge in [-0.05, 0) is 37.8 Å². The fourth-order valence-electron chi connectivity index (χ4n) is 3.80. The SMILES string of the molecule is Cc1ccc2c(CC(=O)OCC(=O)N(C3CC3)[C@@H]3CCS(=O)(=O)C3)coc2c1. The number of benzene rings is 1. The van der Waals surface area contributed by atoms with Gasteiger partial charge in [0.1, 0.15) is 5.58 Å². The zero-order chi connectivity index (χ0) is 19.9. The van der Waals surface area contributed by atoms with Gasteiger partial charge in [0.25, 0.3) is 5.91 Å². The number of rotatable bonds is 6. The third kappa shape index (κ3) is 4.06. The molecule has 28 heavy (non-hydrogen) atoms. The highest BCUT2D eigenvalue weighted by atomic mass is 32.2.